The van der Waals surface area contributed by atoms with Crippen LogP contribution in [-0.2, 0) is 6.54 Å². The minimum Gasteiger partial charge on any atom is -0.473 e. The third-order valence-electron chi connectivity index (χ3n) is 3.70. The monoisotopic (exact) mass is 284 g/mol. The summed E-state index contributed by atoms with van der Waals surface area (Å²) in [7, 11) is 0. The predicted octanol–water partition coefficient (Wildman–Crippen LogP) is 2.02. The summed E-state index contributed by atoms with van der Waals surface area (Å²) in [6, 6.07) is 10.5. The van der Waals surface area contributed by atoms with Crippen LogP contribution in [0.15, 0.2) is 36.5 Å². The molecule has 2 heterocycles. The number of ether oxygens (including phenoxy) is 1. The molecule has 1 fully saturated rings. The van der Waals surface area contributed by atoms with Crippen molar-refractivity contribution in [3.63, 3.8) is 0 Å². The first kappa shape index (κ1) is 13.8. The van der Waals surface area contributed by atoms with E-state index in [1.807, 2.05) is 13.0 Å². The minimum absolute atomic E-state index is 0.168. The second-order valence-electron chi connectivity index (χ2n) is 5.47. The van der Waals surface area contributed by atoms with Crippen molar-refractivity contribution in [1.29, 1.82) is 0 Å². The fourth-order valence-electron chi connectivity index (χ4n) is 2.59. The molecule has 1 saturated heterocycles. The zero-order valence-corrected chi connectivity index (χ0v) is 12.2. The first-order chi connectivity index (χ1) is 10.2. The molecule has 1 atom stereocenters. The van der Waals surface area contributed by atoms with Gasteiger partial charge in [0, 0.05) is 31.4 Å². The number of aryl methyl sites for hydroxylation is 1. The van der Waals surface area contributed by atoms with Gasteiger partial charge in [-0.2, -0.15) is 4.98 Å². The molecule has 0 saturated carbocycles. The van der Waals surface area contributed by atoms with Crippen molar-refractivity contribution >= 4 is 5.95 Å². The van der Waals surface area contributed by atoms with Gasteiger partial charge in [-0.25, -0.2) is 4.98 Å². The lowest BCUT2D eigenvalue weighted by molar-refractivity contribution is 0.190. The van der Waals surface area contributed by atoms with Crippen molar-refractivity contribution in [1.82, 2.24) is 14.9 Å². The zero-order valence-electron chi connectivity index (χ0n) is 12.2. The first-order valence-electron chi connectivity index (χ1n) is 7.23. The van der Waals surface area contributed by atoms with Crippen LogP contribution in [0.4, 0.5) is 5.95 Å². The molecule has 0 aliphatic carbocycles. The Morgan fingerprint density at radius 2 is 2.14 bits per heavy atom. The molecule has 0 amide bonds. The number of hydrogen-bond acceptors (Lipinski definition) is 5. The Morgan fingerprint density at radius 3 is 2.95 bits per heavy atom. The van der Waals surface area contributed by atoms with Crippen LogP contribution in [0.2, 0.25) is 0 Å². The SMILES string of the molecule is Cc1cnc(N)nc1OC1CCN(Cc2ccccc2)C1. The van der Waals surface area contributed by atoms with E-state index in [-0.39, 0.29) is 12.1 Å². The van der Waals surface area contributed by atoms with Gasteiger partial charge in [-0.3, -0.25) is 4.90 Å². The summed E-state index contributed by atoms with van der Waals surface area (Å²) in [5.74, 6) is 0.865. The molecule has 1 aromatic heterocycles. The zero-order chi connectivity index (χ0) is 14.7. The number of anilines is 1. The summed E-state index contributed by atoms with van der Waals surface area (Å²) in [6.07, 6.45) is 2.88. The second-order valence-corrected chi connectivity index (χ2v) is 5.47. The van der Waals surface area contributed by atoms with Gasteiger partial charge in [-0.15, -0.1) is 0 Å². The van der Waals surface area contributed by atoms with E-state index in [0.29, 0.717) is 5.88 Å². The lowest BCUT2D eigenvalue weighted by Crippen LogP contribution is -2.25. The quantitative estimate of drug-likeness (QED) is 0.930. The van der Waals surface area contributed by atoms with E-state index in [0.717, 1.165) is 31.6 Å². The second kappa shape index (κ2) is 6.10. The Balaban J connectivity index is 1.58. The van der Waals surface area contributed by atoms with E-state index >= 15 is 0 Å². The van der Waals surface area contributed by atoms with Crippen molar-refractivity contribution in [3.8, 4) is 5.88 Å². The lowest BCUT2D eigenvalue weighted by atomic mass is 10.2. The highest BCUT2D eigenvalue weighted by Gasteiger charge is 2.24. The Hall–Kier alpha value is -2.14. The van der Waals surface area contributed by atoms with Crippen molar-refractivity contribution in [2.45, 2.75) is 26.0 Å². The highest BCUT2D eigenvalue weighted by molar-refractivity contribution is 5.29. The molecule has 1 unspecified atom stereocenters. The normalized spacial score (nSPS) is 18.8. The maximum absolute atomic E-state index is 5.98. The molecule has 0 bridgehead atoms. The average molecular weight is 284 g/mol. The molecule has 5 heteroatoms. The van der Waals surface area contributed by atoms with Gasteiger partial charge in [0.1, 0.15) is 6.10 Å². The molecule has 110 valence electrons. The van der Waals surface area contributed by atoms with E-state index < -0.39 is 0 Å². The van der Waals surface area contributed by atoms with Crippen molar-refractivity contribution in [2.24, 2.45) is 0 Å². The molecule has 1 aliphatic rings. The number of nitrogens with zero attached hydrogens (tertiary/aromatic N) is 3. The molecule has 5 nitrogen and oxygen atoms in total. The van der Waals surface area contributed by atoms with Gasteiger partial charge in [-0.05, 0) is 18.9 Å². The van der Waals surface area contributed by atoms with Crippen LogP contribution in [0, 0.1) is 6.92 Å². The summed E-state index contributed by atoms with van der Waals surface area (Å²) in [6.45, 7) is 4.86. The third-order valence-corrected chi connectivity index (χ3v) is 3.70. The number of nitrogen functional groups attached to an aromatic ring is 1. The largest absolute Gasteiger partial charge is 0.473 e. The summed E-state index contributed by atoms with van der Waals surface area (Å²) >= 11 is 0. The standard InChI is InChI=1S/C16H20N4O/c1-12-9-18-16(17)19-15(12)21-14-7-8-20(11-14)10-13-5-3-2-4-6-13/h2-6,9,14H,7-8,10-11H2,1H3,(H2,17,18,19). The third kappa shape index (κ3) is 3.49. The molecule has 21 heavy (non-hydrogen) atoms. The van der Waals surface area contributed by atoms with Crippen LogP contribution in [0.3, 0.4) is 0 Å². The van der Waals surface area contributed by atoms with Crippen LogP contribution in [0.1, 0.15) is 17.5 Å². The van der Waals surface area contributed by atoms with Gasteiger partial charge in [0.2, 0.25) is 11.8 Å². The van der Waals surface area contributed by atoms with Gasteiger partial charge >= 0.3 is 0 Å². The summed E-state index contributed by atoms with van der Waals surface area (Å²) < 4.78 is 5.98. The lowest BCUT2D eigenvalue weighted by Gasteiger charge is -2.17. The van der Waals surface area contributed by atoms with Crippen molar-refractivity contribution in [3.05, 3.63) is 47.7 Å². The van der Waals surface area contributed by atoms with Crippen LogP contribution in [-0.4, -0.2) is 34.1 Å². The van der Waals surface area contributed by atoms with Crippen LogP contribution < -0.4 is 10.5 Å². The number of benzene rings is 1. The Labute approximate surface area is 124 Å². The predicted molar refractivity (Wildman–Crippen MR) is 81.9 cm³/mol. The number of rotatable bonds is 4. The van der Waals surface area contributed by atoms with Crippen molar-refractivity contribution < 1.29 is 4.74 Å². The highest BCUT2D eigenvalue weighted by Crippen LogP contribution is 2.21. The van der Waals surface area contributed by atoms with Gasteiger partial charge in [0.15, 0.2) is 0 Å². The average Bonchev–Trinajstić information content (AvgIpc) is 2.91. The van der Waals surface area contributed by atoms with E-state index in [1.165, 1.54) is 5.56 Å². The highest BCUT2D eigenvalue weighted by atomic mass is 16.5. The molecule has 0 spiro atoms. The number of aromatic nitrogens is 2. The molecule has 1 aliphatic heterocycles. The Bertz CT molecular complexity index is 602. The molecule has 1 aromatic carbocycles. The van der Waals surface area contributed by atoms with Crippen LogP contribution in [0.25, 0.3) is 0 Å². The maximum Gasteiger partial charge on any atom is 0.223 e. The summed E-state index contributed by atoms with van der Waals surface area (Å²) in [5, 5.41) is 0. The van der Waals surface area contributed by atoms with E-state index in [9.17, 15) is 0 Å². The van der Waals surface area contributed by atoms with Crippen LogP contribution in [0.5, 0.6) is 5.88 Å². The van der Waals surface area contributed by atoms with Crippen molar-refractivity contribution in [2.75, 3.05) is 18.8 Å². The maximum atomic E-state index is 5.98. The summed E-state index contributed by atoms with van der Waals surface area (Å²) in [5.41, 5.74) is 7.87. The van der Waals surface area contributed by atoms with E-state index in [4.69, 9.17) is 10.5 Å². The molecule has 2 aromatic rings. The molecular weight excluding hydrogens is 264 g/mol. The number of likely N-dealkylation sites (tertiary alicyclic amines) is 1. The van der Waals surface area contributed by atoms with Gasteiger partial charge < -0.3 is 10.5 Å². The fourth-order valence-corrected chi connectivity index (χ4v) is 2.59. The number of nitrogens with two attached hydrogens (primary N) is 1. The molecule has 0 radical (unpaired) electrons. The van der Waals surface area contributed by atoms with Gasteiger partial charge in [-0.1, -0.05) is 30.3 Å². The van der Waals surface area contributed by atoms with Crippen LogP contribution >= 0.6 is 0 Å². The van der Waals surface area contributed by atoms with Gasteiger partial charge in [0.05, 0.1) is 0 Å². The molecular formula is C16H20N4O. The first-order valence-corrected chi connectivity index (χ1v) is 7.23. The smallest absolute Gasteiger partial charge is 0.223 e. The Kier molecular flexibility index (Phi) is 4.01. The molecule has 3 rings (SSSR count). The van der Waals surface area contributed by atoms with E-state index in [1.54, 1.807) is 6.20 Å². The topological polar surface area (TPSA) is 64.3 Å². The fraction of sp³-hybridized carbons (Fsp3) is 0.375. The number of hydrogen-bond donors (Lipinski definition) is 1. The van der Waals surface area contributed by atoms with E-state index in [2.05, 4.69) is 39.1 Å². The molecule has 2 N–H and O–H groups in total. The minimum atomic E-state index is 0.168. The Morgan fingerprint density at radius 1 is 1.33 bits per heavy atom. The van der Waals surface area contributed by atoms with Gasteiger partial charge in [0.25, 0.3) is 0 Å². The summed E-state index contributed by atoms with van der Waals surface area (Å²) in [4.78, 5) is 10.5.